The van der Waals surface area contributed by atoms with Gasteiger partial charge in [0, 0.05) is 12.6 Å². The van der Waals surface area contributed by atoms with Gasteiger partial charge in [0.2, 0.25) is 0 Å². The molecule has 19 heavy (non-hydrogen) atoms. The Hall–Kier alpha value is -2.37. The van der Waals surface area contributed by atoms with Crippen LogP contribution in [0.15, 0.2) is 35.4 Å². The molecule has 0 atom stereocenters. The van der Waals surface area contributed by atoms with Crippen molar-refractivity contribution < 1.29 is 9.53 Å². The van der Waals surface area contributed by atoms with Crippen LogP contribution < -0.4 is 10.4 Å². The van der Waals surface area contributed by atoms with Crippen LogP contribution in [0.4, 0.5) is 0 Å². The number of rotatable bonds is 5. The maximum atomic E-state index is 12.0. The summed E-state index contributed by atoms with van der Waals surface area (Å²) in [5.74, 6) is 0.554. The van der Waals surface area contributed by atoms with Crippen molar-refractivity contribution in [1.82, 2.24) is 14.3 Å². The summed E-state index contributed by atoms with van der Waals surface area (Å²) < 4.78 is 7.76. The zero-order valence-corrected chi connectivity index (χ0v) is 10.9. The van der Waals surface area contributed by atoms with E-state index in [2.05, 4.69) is 5.10 Å². The molecule has 0 N–H and O–H groups in total. The van der Waals surface area contributed by atoms with Crippen molar-refractivity contribution in [2.45, 2.75) is 13.5 Å². The molecule has 0 aliphatic carbocycles. The van der Waals surface area contributed by atoms with E-state index in [1.54, 1.807) is 31.3 Å². The number of nitrogens with zero attached hydrogens (tertiary/aromatic N) is 3. The van der Waals surface area contributed by atoms with Crippen molar-refractivity contribution in [1.29, 1.82) is 0 Å². The van der Waals surface area contributed by atoms with Gasteiger partial charge in [0.25, 0.3) is 0 Å². The zero-order chi connectivity index (χ0) is 13.8. The maximum Gasteiger partial charge on any atom is 0.345 e. The Morgan fingerprint density at radius 2 is 2.00 bits per heavy atom. The summed E-state index contributed by atoms with van der Waals surface area (Å²) in [6, 6.07) is 6.83. The molecule has 0 saturated carbocycles. The molecule has 0 aliphatic heterocycles. The average Bonchev–Trinajstić information content (AvgIpc) is 2.72. The largest absolute Gasteiger partial charge is 0.494 e. The number of ether oxygens (including phenoxy) is 1. The third-order valence-electron chi connectivity index (χ3n) is 2.67. The molecule has 0 radical (unpaired) electrons. The van der Waals surface area contributed by atoms with Gasteiger partial charge < -0.3 is 4.74 Å². The molecule has 100 valence electrons. The SMILES string of the molecule is CCOc1ccc(C(=O)Cn2ncn(C)c2=O)cc1. The van der Waals surface area contributed by atoms with Crippen molar-refractivity contribution in [2.75, 3.05) is 6.61 Å². The average molecular weight is 261 g/mol. The Kier molecular flexibility index (Phi) is 3.79. The third kappa shape index (κ3) is 2.90. The predicted molar refractivity (Wildman–Crippen MR) is 69.4 cm³/mol. The van der Waals surface area contributed by atoms with Crippen LogP contribution in [0.3, 0.4) is 0 Å². The highest BCUT2D eigenvalue weighted by Gasteiger charge is 2.10. The summed E-state index contributed by atoms with van der Waals surface area (Å²) in [5, 5.41) is 3.85. The first-order valence-electron chi connectivity index (χ1n) is 5.96. The Morgan fingerprint density at radius 1 is 1.32 bits per heavy atom. The van der Waals surface area contributed by atoms with Crippen molar-refractivity contribution >= 4 is 5.78 Å². The van der Waals surface area contributed by atoms with Gasteiger partial charge >= 0.3 is 5.69 Å². The molecule has 0 fully saturated rings. The van der Waals surface area contributed by atoms with Crippen molar-refractivity contribution in [3.05, 3.63) is 46.6 Å². The van der Waals surface area contributed by atoms with Crippen LogP contribution in [0, 0.1) is 0 Å². The quantitative estimate of drug-likeness (QED) is 0.749. The normalized spacial score (nSPS) is 10.4. The van der Waals surface area contributed by atoms with Crippen LogP contribution in [0.5, 0.6) is 5.75 Å². The van der Waals surface area contributed by atoms with E-state index >= 15 is 0 Å². The number of aromatic nitrogens is 3. The minimum absolute atomic E-state index is 0.0619. The van der Waals surface area contributed by atoms with E-state index in [1.165, 1.54) is 10.9 Å². The molecule has 2 rings (SSSR count). The van der Waals surface area contributed by atoms with E-state index in [0.717, 1.165) is 4.68 Å². The van der Waals surface area contributed by atoms with Crippen LogP contribution in [0.1, 0.15) is 17.3 Å². The highest BCUT2D eigenvalue weighted by Crippen LogP contribution is 2.12. The molecule has 0 spiro atoms. The highest BCUT2D eigenvalue weighted by atomic mass is 16.5. The number of aryl methyl sites for hydroxylation is 1. The number of hydrogen-bond acceptors (Lipinski definition) is 4. The number of benzene rings is 1. The zero-order valence-electron chi connectivity index (χ0n) is 10.9. The highest BCUT2D eigenvalue weighted by molar-refractivity contribution is 5.95. The molecule has 2 aromatic rings. The van der Waals surface area contributed by atoms with E-state index in [9.17, 15) is 9.59 Å². The molecule has 0 unspecified atom stereocenters. The van der Waals surface area contributed by atoms with Crippen molar-refractivity contribution in [3.8, 4) is 5.75 Å². The summed E-state index contributed by atoms with van der Waals surface area (Å²) in [5.41, 5.74) is 0.222. The number of ketones is 1. The number of carbonyl (C=O) groups excluding carboxylic acids is 1. The lowest BCUT2D eigenvalue weighted by Gasteiger charge is -2.04. The predicted octanol–water partition coefficient (Wildman–Crippen LogP) is 0.863. The van der Waals surface area contributed by atoms with Crippen LogP contribution >= 0.6 is 0 Å². The minimum atomic E-state index is -0.306. The minimum Gasteiger partial charge on any atom is -0.494 e. The van der Waals surface area contributed by atoms with E-state index in [0.29, 0.717) is 17.9 Å². The van der Waals surface area contributed by atoms with Crippen LogP contribution in [-0.4, -0.2) is 26.7 Å². The first-order valence-corrected chi connectivity index (χ1v) is 5.96. The van der Waals surface area contributed by atoms with Gasteiger partial charge in [0.1, 0.15) is 18.6 Å². The maximum absolute atomic E-state index is 12.0. The number of Topliss-reactive ketones (excluding diaryl/α,β-unsaturated/α-hetero) is 1. The molecule has 0 saturated heterocycles. The Bertz CT molecular complexity index is 625. The molecule has 1 aromatic carbocycles. The van der Waals surface area contributed by atoms with Gasteiger partial charge in [-0.05, 0) is 31.2 Å². The lowest BCUT2D eigenvalue weighted by atomic mass is 10.1. The second-order valence-electron chi connectivity index (χ2n) is 4.06. The van der Waals surface area contributed by atoms with E-state index in [4.69, 9.17) is 4.74 Å². The van der Waals surface area contributed by atoms with Gasteiger partial charge in [-0.3, -0.25) is 9.36 Å². The molecule has 6 heteroatoms. The smallest absolute Gasteiger partial charge is 0.345 e. The van der Waals surface area contributed by atoms with Crippen LogP contribution in [0.2, 0.25) is 0 Å². The summed E-state index contributed by atoms with van der Waals surface area (Å²) in [4.78, 5) is 23.6. The number of hydrogen-bond donors (Lipinski definition) is 0. The molecular weight excluding hydrogens is 246 g/mol. The fourth-order valence-electron chi connectivity index (χ4n) is 1.66. The molecule has 0 amide bonds. The summed E-state index contributed by atoms with van der Waals surface area (Å²) in [6.07, 6.45) is 1.38. The first kappa shape index (κ1) is 13.1. The molecule has 6 nitrogen and oxygen atoms in total. The third-order valence-corrected chi connectivity index (χ3v) is 2.67. The van der Waals surface area contributed by atoms with Crippen LogP contribution in [-0.2, 0) is 13.6 Å². The van der Waals surface area contributed by atoms with Gasteiger partial charge in [-0.1, -0.05) is 0 Å². The van der Waals surface area contributed by atoms with Gasteiger partial charge in [-0.25, -0.2) is 9.48 Å². The second-order valence-corrected chi connectivity index (χ2v) is 4.06. The van der Waals surface area contributed by atoms with E-state index in [1.807, 2.05) is 6.92 Å². The van der Waals surface area contributed by atoms with Gasteiger partial charge in [-0.15, -0.1) is 0 Å². The molecule has 1 aromatic heterocycles. The molecule has 0 bridgehead atoms. The number of carbonyl (C=O) groups is 1. The topological polar surface area (TPSA) is 66.1 Å². The fraction of sp³-hybridized carbons (Fsp3) is 0.308. The summed E-state index contributed by atoms with van der Waals surface area (Å²) >= 11 is 0. The first-order chi connectivity index (χ1) is 9.11. The van der Waals surface area contributed by atoms with Crippen molar-refractivity contribution in [3.63, 3.8) is 0 Å². The Balaban J connectivity index is 2.11. The molecule has 0 aliphatic rings. The van der Waals surface area contributed by atoms with E-state index < -0.39 is 0 Å². The summed E-state index contributed by atoms with van der Waals surface area (Å²) in [6.45, 7) is 2.41. The Morgan fingerprint density at radius 3 is 2.53 bits per heavy atom. The van der Waals surface area contributed by atoms with Crippen LogP contribution in [0.25, 0.3) is 0 Å². The monoisotopic (exact) mass is 261 g/mol. The van der Waals surface area contributed by atoms with Gasteiger partial charge in [-0.2, -0.15) is 5.10 Å². The fourth-order valence-corrected chi connectivity index (χ4v) is 1.66. The lowest BCUT2D eigenvalue weighted by molar-refractivity contribution is 0.0966. The summed E-state index contributed by atoms with van der Waals surface area (Å²) in [7, 11) is 1.59. The standard InChI is InChI=1S/C13H15N3O3/c1-3-19-11-6-4-10(5-7-11)12(17)8-16-13(18)15(2)9-14-16/h4-7,9H,3,8H2,1-2H3. The van der Waals surface area contributed by atoms with E-state index in [-0.39, 0.29) is 18.0 Å². The second kappa shape index (κ2) is 5.51. The van der Waals surface area contributed by atoms with Gasteiger partial charge in [0.05, 0.1) is 6.61 Å². The molecular formula is C13H15N3O3. The molecule has 1 heterocycles. The van der Waals surface area contributed by atoms with Crippen molar-refractivity contribution in [2.24, 2.45) is 7.05 Å². The Labute approximate surface area is 110 Å². The van der Waals surface area contributed by atoms with Gasteiger partial charge in [0.15, 0.2) is 5.78 Å². The lowest BCUT2D eigenvalue weighted by Crippen LogP contribution is -2.26.